The minimum absolute atomic E-state index is 0.0746. The first-order valence-corrected chi connectivity index (χ1v) is 4.08. The highest BCUT2D eigenvalue weighted by molar-refractivity contribution is 5.84. The van der Waals surface area contributed by atoms with Gasteiger partial charge in [0.2, 0.25) is 0 Å². The van der Waals surface area contributed by atoms with E-state index in [-0.39, 0.29) is 5.69 Å². The number of aromatic carboxylic acids is 1. The van der Waals surface area contributed by atoms with Crippen LogP contribution in [0.15, 0.2) is 12.5 Å². The third kappa shape index (κ3) is 2.87. The number of nitrogens with one attached hydrogen (secondary N) is 1. The molecule has 1 aromatic heterocycles. The van der Waals surface area contributed by atoms with Crippen molar-refractivity contribution in [3.8, 4) is 0 Å². The predicted molar refractivity (Wildman–Crippen MR) is 47.5 cm³/mol. The largest absolute Gasteiger partial charge is 0.476 e. The van der Waals surface area contributed by atoms with E-state index in [1.807, 2.05) is 13.8 Å². The smallest absolute Gasteiger partial charge is 0.356 e. The summed E-state index contributed by atoms with van der Waals surface area (Å²) in [4.78, 5) is 14.2. The second-order valence-electron chi connectivity index (χ2n) is 3.10. The first-order valence-electron chi connectivity index (χ1n) is 4.08. The van der Waals surface area contributed by atoms with Crippen molar-refractivity contribution in [3.05, 3.63) is 18.2 Å². The van der Waals surface area contributed by atoms with Gasteiger partial charge in [-0.25, -0.2) is 9.78 Å². The molecule has 13 heavy (non-hydrogen) atoms. The van der Waals surface area contributed by atoms with Crippen molar-refractivity contribution in [1.82, 2.24) is 14.9 Å². The highest BCUT2D eigenvalue weighted by atomic mass is 16.4. The van der Waals surface area contributed by atoms with E-state index in [2.05, 4.69) is 10.3 Å². The van der Waals surface area contributed by atoms with Crippen LogP contribution in [0.2, 0.25) is 0 Å². The Morgan fingerprint density at radius 1 is 1.77 bits per heavy atom. The van der Waals surface area contributed by atoms with Crippen LogP contribution in [-0.4, -0.2) is 26.7 Å². The molecular formula is C8H13N3O2. The van der Waals surface area contributed by atoms with E-state index in [0.29, 0.717) is 12.7 Å². The van der Waals surface area contributed by atoms with Crippen molar-refractivity contribution < 1.29 is 9.90 Å². The summed E-state index contributed by atoms with van der Waals surface area (Å²) >= 11 is 0. The van der Waals surface area contributed by atoms with Gasteiger partial charge in [0, 0.05) is 12.2 Å². The molecule has 0 saturated carbocycles. The molecule has 0 atom stereocenters. The summed E-state index contributed by atoms with van der Waals surface area (Å²) in [6, 6.07) is 0.371. The fourth-order valence-corrected chi connectivity index (χ4v) is 0.845. The summed E-state index contributed by atoms with van der Waals surface area (Å²) in [6.07, 6.45) is 3.00. The summed E-state index contributed by atoms with van der Waals surface area (Å²) in [5.41, 5.74) is 0.0746. The molecule has 0 bridgehead atoms. The molecule has 0 aliphatic rings. The maximum atomic E-state index is 10.5. The number of carboxylic acids is 1. The molecule has 0 spiro atoms. The molecule has 72 valence electrons. The third-order valence-corrected chi connectivity index (χ3v) is 1.53. The Balaban J connectivity index is 2.54. The zero-order valence-electron chi connectivity index (χ0n) is 7.69. The molecule has 0 aliphatic heterocycles. The van der Waals surface area contributed by atoms with Crippen molar-refractivity contribution in [2.24, 2.45) is 0 Å². The molecule has 1 aromatic rings. The van der Waals surface area contributed by atoms with Crippen molar-refractivity contribution in [2.75, 3.05) is 0 Å². The average Bonchev–Trinajstić information content (AvgIpc) is 2.48. The predicted octanol–water partition coefficient (Wildman–Crippen LogP) is 0.537. The Hall–Kier alpha value is -1.36. The number of carboxylic acid groups (broad SMARTS) is 1. The second kappa shape index (κ2) is 4.04. The number of hydrogen-bond donors (Lipinski definition) is 2. The normalized spacial score (nSPS) is 10.7. The van der Waals surface area contributed by atoms with Crippen LogP contribution in [0, 0.1) is 0 Å². The summed E-state index contributed by atoms with van der Waals surface area (Å²) in [6.45, 7) is 4.63. The van der Waals surface area contributed by atoms with E-state index < -0.39 is 5.97 Å². The lowest BCUT2D eigenvalue weighted by Crippen LogP contribution is -2.24. The number of rotatable bonds is 4. The molecule has 1 heterocycles. The molecule has 2 N–H and O–H groups in total. The number of nitrogens with zero attached hydrogens (tertiary/aromatic N) is 2. The van der Waals surface area contributed by atoms with Gasteiger partial charge in [-0.05, 0) is 13.8 Å². The number of carbonyl (C=O) groups is 1. The van der Waals surface area contributed by atoms with E-state index in [1.54, 1.807) is 4.57 Å². The first-order chi connectivity index (χ1) is 6.09. The fraction of sp³-hybridized carbons (Fsp3) is 0.500. The Morgan fingerprint density at radius 2 is 2.46 bits per heavy atom. The Labute approximate surface area is 76.4 Å². The van der Waals surface area contributed by atoms with Crippen molar-refractivity contribution in [2.45, 2.75) is 26.6 Å². The van der Waals surface area contributed by atoms with Crippen LogP contribution < -0.4 is 5.32 Å². The quantitative estimate of drug-likeness (QED) is 0.714. The van der Waals surface area contributed by atoms with E-state index in [9.17, 15) is 4.79 Å². The van der Waals surface area contributed by atoms with Crippen LogP contribution in [0.4, 0.5) is 0 Å². The van der Waals surface area contributed by atoms with Gasteiger partial charge in [-0.3, -0.25) is 5.32 Å². The number of aromatic nitrogens is 2. The Morgan fingerprint density at radius 3 is 2.92 bits per heavy atom. The van der Waals surface area contributed by atoms with Gasteiger partial charge in [-0.2, -0.15) is 0 Å². The van der Waals surface area contributed by atoms with Crippen molar-refractivity contribution in [1.29, 1.82) is 0 Å². The minimum atomic E-state index is -0.997. The van der Waals surface area contributed by atoms with Gasteiger partial charge in [0.1, 0.15) is 0 Å². The molecule has 1 rings (SSSR count). The van der Waals surface area contributed by atoms with Gasteiger partial charge in [-0.1, -0.05) is 0 Å². The van der Waals surface area contributed by atoms with Gasteiger partial charge in [0.15, 0.2) is 5.69 Å². The van der Waals surface area contributed by atoms with Crippen molar-refractivity contribution in [3.63, 3.8) is 0 Å². The van der Waals surface area contributed by atoms with Crippen LogP contribution in [-0.2, 0) is 6.67 Å². The second-order valence-corrected chi connectivity index (χ2v) is 3.10. The molecule has 0 amide bonds. The van der Waals surface area contributed by atoms with Gasteiger partial charge >= 0.3 is 5.97 Å². The lowest BCUT2D eigenvalue weighted by atomic mass is 10.4. The molecule has 0 aromatic carbocycles. The van der Waals surface area contributed by atoms with Gasteiger partial charge in [0.05, 0.1) is 13.0 Å². The molecule has 0 aliphatic carbocycles. The summed E-state index contributed by atoms with van der Waals surface area (Å²) in [7, 11) is 0. The molecule has 0 saturated heterocycles. The fourth-order valence-electron chi connectivity index (χ4n) is 0.845. The lowest BCUT2D eigenvalue weighted by Gasteiger charge is -2.07. The van der Waals surface area contributed by atoms with E-state index in [0.717, 1.165) is 0 Å². The van der Waals surface area contributed by atoms with E-state index >= 15 is 0 Å². The zero-order valence-corrected chi connectivity index (χ0v) is 7.69. The third-order valence-electron chi connectivity index (χ3n) is 1.53. The molecule has 0 unspecified atom stereocenters. The van der Waals surface area contributed by atoms with E-state index in [4.69, 9.17) is 5.11 Å². The molecule has 5 heteroatoms. The molecule has 0 radical (unpaired) electrons. The van der Waals surface area contributed by atoms with Gasteiger partial charge in [-0.15, -0.1) is 0 Å². The monoisotopic (exact) mass is 183 g/mol. The van der Waals surface area contributed by atoms with Gasteiger partial charge in [0.25, 0.3) is 0 Å². The van der Waals surface area contributed by atoms with Crippen LogP contribution in [0.25, 0.3) is 0 Å². The molecular weight excluding hydrogens is 170 g/mol. The minimum Gasteiger partial charge on any atom is -0.476 e. The Kier molecular flexibility index (Phi) is 3.02. The maximum Gasteiger partial charge on any atom is 0.356 e. The van der Waals surface area contributed by atoms with E-state index in [1.165, 1.54) is 12.5 Å². The Bertz CT molecular complexity index is 293. The molecule has 0 fully saturated rings. The first kappa shape index (κ1) is 9.73. The maximum absolute atomic E-state index is 10.5. The highest BCUT2D eigenvalue weighted by Crippen LogP contribution is 1.94. The highest BCUT2D eigenvalue weighted by Gasteiger charge is 2.05. The number of hydrogen-bond acceptors (Lipinski definition) is 3. The van der Waals surface area contributed by atoms with Crippen LogP contribution >= 0.6 is 0 Å². The van der Waals surface area contributed by atoms with Crippen LogP contribution in [0.1, 0.15) is 24.3 Å². The van der Waals surface area contributed by atoms with Gasteiger partial charge < -0.3 is 9.67 Å². The topological polar surface area (TPSA) is 67.2 Å². The summed E-state index contributed by atoms with van der Waals surface area (Å²) in [5.74, 6) is -0.997. The summed E-state index contributed by atoms with van der Waals surface area (Å²) < 4.78 is 1.70. The van der Waals surface area contributed by atoms with Crippen molar-refractivity contribution >= 4 is 5.97 Å². The van der Waals surface area contributed by atoms with Crippen LogP contribution in [0.3, 0.4) is 0 Å². The number of imidazole rings is 1. The molecule has 5 nitrogen and oxygen atoms in total. The van der Waals surface area contributed by atoms with Crippen LogP contribution in [0.5, 0.6) is 0 Å². The summed E-state index contributed by atoms with van der Waals surface area (Å²) in [5, 5.41) is 11.7. The lowest BCUT2D eigenvalue weighted by molar-refractivity contribution is 0.0691. The standard InChI is InChI=1S/C8H13N3O2/c1-6(2)9-4-11-3-7(8(12)13)10-5-11/h3,5-6,9H,4H2,1-2H3,(H,12,13). The average molecular weight is 183 g/mol. The SMILES string of the molecule is CC(C)NCn1cnc(C(=O)O)c1. The zero-order chi connectivity index (χ0) is 9.84.